The molecule has 0 unspecified atom stereocenters. The molecule has 1 atom stereocenters. The highest BCUT2D eigenvalue weighted by atomic mass is 16.3. The Morgan fingerprint density at radius 1 is 1.06 bits per heavy atom. The smallest absolute Gasteiger partial charge is 0.248 e. The number of pyridine rings is 1. The summed E-state index contributed by atoms with van der Waals surface area (Å²) in [5, 5.41) is 10.1. The van der Waals surface area contributed by atoms with Crippen LogP contribution in [0.25, 0.3) is 0 Å². The molecule has 2 rings (SSSR count). The molecule has 1 aromatic carbocycles. The Balaban J connectivity index is 2.26. The zero-order chi connectivity index (χ0) is 12.3. The number of nitrogens with two attached hydrogens (primary N) is 1. The Labute approximate surface area is 98.7 Å². The maximum atomic E-state index is 10.9. The third kappa shape index (κ3) is 2.49. The number of aliphatic hydroxyl groups excluding tert-OH is 1. The van der Waals surface area contributed by atoms with Gasteiger partial charge < -0.3 is 10.8 Å². The van der Waals surface area contributed by atoms with E-state index >= 15 is 0 Å². The summed E-state index contributed by atoms with van der Waals surface area (Å²) >= 11 is 0. The van der Waals surface area contributed by atoms with Gasteiger partial charge in [0.1, 0.15) is 6.10 Å². The Morgan fingerprint density at radius 3 is 2.12 bits per heavy atom. The first-order valence-electron chi connectivity index (χ1n) is 5.16. The van der Waals surface area contributed by atoms with Gasteiger partial charge in [0.15, 0.2) is 0 Å². The summed E-state index contributed by atoms with van der Waals surface area (Å²) in [4.78, 5) is 14.8. The highest BCUT2D eigenvalue weighted by Crippen LogP contribution is 2.21. The van der Waals surface area contributed by atoms with Crippen LogP contribution in [-0.2, 0) is 0 Å². The zero-order valence-corrected chi connectivity index (χ0v) is 9.08. The molecule has 2 aromatic rings. The van der Waals surface area contributed by atoms with Gasteiger partial charge in [-0.2, -0.15) is 0 Å². The van der Waals surface area contributed by atoms with Gasteiger partial charge in [-0.25, -0.2) is 0 Å². The monoisotopic (exact) mass is 228 g/mol. The van der Waals surface area contributed by atoms with Crippen molar-refractivity contribution in [2.45, 2.75) is 6.10 Å². The highest BCUT2D eigenvalue weighted by Gasteiger charge is 2.10. The summed E-state index contributed by atoms with van der Waals surface area (Å²) in [5.74, 6) is -0.477. The van der Waals surface area contributed by atoms with E-state index in [1.807, 2.05) is 0 Å². The lowest BCUT2D eigenvalue weighted by molar-refractivity contribution is 0.1000. The third-order valence-electron chi connectivity index (χ3n) is 2.53. The summed E-state index contributed by atoms with van der Waals surface area (Å²) in [7, 11) is 0. The minimum absolute atomic E-state index is 0.427. The predicted octanol–water partition coefficient (Wildman–Crippen LogP) is 1.26. The van der Waals surface area contributed by atoms with E-state index in [-0.39, 0.29) is 0 Å². The number of hydrogen-bond donors (Lipinski definition) is 2. The van der Waals surface area contributed by atoms with Crippen LogP contribution in [0, 0.1) is 0 Å². The van der Waals surface area contributed by atoms with Crippen molar-refractivity contribution < 1.29 is 9.90 Å². The summed E-state index contributed by atoms with van der Waals surface area (Å²) < 4.78 is 0. The molecule has 0 aliphatic carbocycles. The lowest BCUT2D eigenvalue weighted by atomic mass is 10.0. The van der Waals surface area contributed by atoms with Crippen LogP contribution >= 0.6 is 0 Å². The van der Waals surface area contributed by atoms with E-state index in [0.717, 1.165) is 5.56 Å². The van der Waals surface area contributed by atoms with Crippen LogP contribution in [-0.4, -0.2) is 16.0 Å². The van der Waals surface area contributed by atoms with Crippen LogP contribution in [0.1, 0.15) is 27.6 Å². The quantitative estimate of drug-likeness (QED) is 0.830. The van der Waals surface area contributed by atoms with E-state index in [9.17, 15) is 9.90 Å². The molecule has 0 fully saturated rings. The fourth-order valence-corrected chi connectivity index (χ4v) is 1.57. The average Bonchev–Trinajstić information content (AvgIpc) is 2.39. The lowest BCUT2D eigenvalue weighted by Gasteiger charge is -2.11. The number of rotatable bonds is 3. The maximum Gasteiger partial charge on any atom is 0.248 e. The Morgan fingerprint density at radius 2 is 1.59 bits per heavy atom. The molecule has 17 heavy (non-hydrogen) atoms. The molecule has 0 saturated carbocycles. The summed E-state index contributed by atoms with van der Waals surface area (Å²) in [6.07, 6.45) is 2.52. The molecule has 0 spiro atoms. The number of aromatic nitrogens is 1. The first-order chi connectivity index (χ1) is 8.18. The van der Waals surface area contributed by atoms with Crippen molar-refractivity contribution in [1.82, 2.24) is 4.98 Å². The van der Waals surface area contributed by atoms with Gasteiger partial charge >= 0.3 is 0 Å². The first kappa shape index (κ1) is 11.3. The number of carbonyl (C=O) groups excluding carboxylic acids is 1. The highest BCUT2D eigenvalue weighted by molar-refractivity contribution is 5.92. The van der Waals surface area contributed by atoms with E-state index in [4.69, 9.17) is 5.73 Å². The topological polar surface area (TPSA) is 76.2 Å². The van der Waals surface area contributed by atoms with Crippen molar-refractivity contribution in [2.75, 3.05) is 0 Å². The van der Waals surface area contributed by atoms with Crippen molar-refractivity contribution in [3.8, 4) is 0 Å². The van der Waals surface area contributed by atoms with Gasteiger partial charge in [0.2, 0.25) is 5.91 Å². The summed E-state index contributed by atoms with van der Waals surface area (Å²) in [5.41, 5.74) is 7.03. The molecule has 0 aliphatic rings. The second-order valence-corrected chi connectivity index (χ2v) is 3.67. The van der Waals surface area contributed by atoms with Gasteiger partial charge in [-0.15, -0.1) is 0 Å². The summed E-state index contributed by atoms with van der Waals surface area (Å²) in [6.45, 7) is 0. The number of hydrogen-bond acceptors (Lipinski definition) is 3. The van der Waals surface area contributed by atoms with Gasteiger partial charge in [-0.05, 0) is 35.4 Å². The number of amides is 1. The van der Waals surface area contributed by atoms with Crippen LogP contribution in [0.5, 0.6) is 0 Å². The van der Waals surface area contributed by atoms with E-state index < -0.39 is 12.0 Å². The number of carbonyl (C=O) groups is 1. The third-order valence-corrected chi connectivity index (χ3v) is 2.53. The standard InChI is InChI=1S/C13H12N2O2/c14-13(17)11-3-1-9(2-4-11)12(16)10-5-7-15-8-6-10/h1-8,12,16H,(H2,14,17)/t12-/m0/s1. The Hall–Kier alpha value is -2.20. The van der Waals surface area contributed by atoms with E-state index in [1.54, 1.807) is 48.8 Å². The van der Waals surface area contributed by atoms with Crippen LogP contribution in [0.3, 0.4) is 0 Å². The van der Waals surface area contributed by atoms with Gasteiger partial charge in [-0.3, -0.25) is 9.78 Å². The van der Waals surface area contributed by atoms with Crippen molar-refractivity contribution in [1.29, 1.82) is 0 Å². The van der Waals surface area contributed by atoms with Crippen LogP contribution in [0.15, 0.2) is 48.8 Å². The zero-order valence-electron chi connectivity index (χ0n) is 9.08. The molecule has 3 N–H and O–H groups in total. The van der Waals surface area contributed by atoms with Gasteiger partial charge in [-0.1, -0.05) is 12.1 Å². The average molecular weight is 228 g/mol. The second-order valence-electron chi connectivity index (χ2n) is 3.67. The van der Waals surface area contributed by atoms with E-state index in [2.05, 4.69) is 4.98 Å². The fourth-order valence-electron chi connectivity index (χ4n) is 1.57. The van der Waals surface area contributed by atoms with Gasteiger partial charge in [0.05, 0.1) is 0 Å². The molecule has 1 aromatic heterocycles. The molecule has 0 saturated heterocycles. The lowest BCUT2D eigenvalue weighted by Crippen LogP contribution is -2.11. The number of nitrogens with zero attached hydrogens (tertiary/aromatic N) is 1. The van der Waals surface area contributed by atoms with Crippen LogP contribution in [0.4, 0.5) is 0 Å². The number of primary amides is 1. The Bertz CT molecular complexity index is 509. The van der Waals surface area contributed by atoms with Gasteiger partial charge in [0, 0.05) is 18.0 Å². The molecule has 0 aliphatic heterocycles. The summed E-state index contributed by atoms with van der Waals surface area (Å²) in [6, 6.07) is 10.1. The van der Waals surface area contributed by atoms with Crippen LogP contribution in [0.2, 0.25) is 0 Å². The molecule has 1 heterocycles. The molecule has 86 valence electrons. The molecule has 0 radical (unpaired) electrons. The Kier molecular flexibility index (Phi) is 3.16. The van der Waals surface area contributed by atoms with Crippen molar-refractivity contribution in [2.24, 2.45) is 5.73 Å². The largest absolute Gasteiger partial charge is 0.384 e. The predicted molar refractivity (Wildman–Crippen MR) is 63.3 cm³/mol. The minimum atomic E-state index is -0.722. The molecule has 1 amide bonds. The van der Waals surface area contributed by atoms with Crippen molar-refractivity contribution in [3.05, 3.63) is 65.5 Å². The molecule has 0 bridgehead atoms. The molecular formula is C13H12N2O2. The fraction of sp³-hybridized carbons (Fsp3) is 0.0769. The van der Waals surface area contributed by atoms with Crippen LogP contribution < -0.4 is 5.73 Å². The second kappa shape index (κ2) is 4.76. The SMILES string of the molecule is NC(=O)c1ccc([C@H](O)c2ccncc2)cc1. The van der Waals surface area contributed by atoms with E-state index in [0.29, 0.717) is 11.1 Å². The van der Waals surface area contributed by atoms with Crippen molar-refractivity contribution in [3.63, 3.8) is 0 Å². The first-order valence-corrected chi connectivity index (χ1v) is 5.16. The number of benzene rings is 1. The molecule has 4 nitrogen and oxygen atoms in total. The number of aliphatic hydroxyl groups is 1. The van der Waals surface area contributed by atoms with E-state index in [1.165, 1.54) is 0 Å². The maximum absolute atomic E-state index is 10.9. The molecular weight excluding hydrogens is 216 g/mol. The van der Waals surface area contributed by atoms with Crippen molar-refractivity contribution >= 4 is 5.91 Å². The van der Waals surface area contributed by atoms with Gasteiger partial charge in [0.25, 0.3) is 0 Å². The normalized spacial score (nSPS) is 12.1. The minimum Gasteiger partial charge on any atom is -0.384 e. The molecule has 4 heteroatoms.